The van der Waals surface area contributed by atoms with Crippen LogP contribution in [0.25, 0.3) is 21.9 Å². The van der Waals surface area contributed by atoms with Crippen LogP contribution < -0.4 is 20.6 Å². The molecular weight excluding hydrogens is 995 g/mol. The van der Waals surface area contributed by atoms with Gasteiger partial charge in [-0.25, -0.2) is 19.5 Å². The molecule has 422 valence electrons. The fourth-order valence-corrected chi connectivity index (χ4v) is 7.61. The second-order valence-corrected chi connectivity index (χ2v) is 16.8. The number of azo groups is 1. The fraction of sp³-hybridized carbons (Fsp3) is 0.528. The molecule has 0 aliphatic heterocycles. The Morgan fingerprint density at radius 3 is 1.33 bits per heavy atom. The number of amides is 3. The van der Waals surface area contributed by atoms with Crippen molar-refractivity contribution < 1.29 is 77.5 Å². The molecule has 2 heterocycles. The van der Waals surface area contributed by atoms with Gasteiger partial charge >= 0.3 is 24.1 Å². The molecule has 0 bridgehead atoms. The summed E-state index contributed by atoms with van der Waals surface area (Å²) in [5.41, 5.74) is 5.17. The summed E-state index contributed by atoms with van der Waals surface area (Å²) >= 11 is 0. The van der Waals surface area contributed by atoms with Gasteiger partial charge in [-0.15, -0.1) is 0 Å². The highest BCUT2D eigenvalue weighted by Crippen LogP contribution is 2.38. The standard InChI is InChI=1S/C16H23NO5.C16H21NO4.C14H19NO3.C6H10N2O4.CH4O2/c1-5-7-11-9-13(16(20)17(4)21)14(19)12(8-6-2)15(11)22-10(3)18;1-5-7-11-9-13-15(21-17(4)16(13)19)12(8-6-2)14(11)20-10(3)18;1-4-6-9-8-11-13(18-15(3)14(11)17)10(7-5-2)12(9)16;1-3-11-5(9)7-8-6(10)12-4-2;1-3-2/h9,19,21H,5-8H2,1-4H3;9H,5-8H2,1-4H3;8,16H,4-7H2,1-3H3;3-4H2,1-2H3;2H,1H3. The minimum atomic E-state index is -0.898. The molecule has 5 rings (SSSR count). The number of aromatic hydroxyl groups is 2. The number of aromatic nitrogens is 2. The Kier molecular flexibility index (Phi) is 30.0. The monoisotopic (exact) mass is 1070 g/mol. The van der Waals surface area contributed by atoms with Crippen molar-refractivity contribution in [1.82, 2.24) is 14.5 Å². The van der Waals surface area contributed by atoms with E-state index in [4.69, 9.17) is 23.8 Å². The van der Waals surface area contributed by atoms with Gasteiger partial charge in [0.25, 0.3) is 17.0 Å². The normalized spacial score (nSPS) is 10.5. The lowest BCUT2D eigenvalue weighted by atomic mass is 9.96. The molecule has 3 amide bonds. The number of phenols is 2. The first kappa shape index (κ1) is 66.6. The SMILES string of the molecule is CCCc1cc(C(=O)N(C)O)c(O)c(CCC)c1OC(C)=O.CCCc1cc2c(=O)n(C)oc2c(CCC)c1O.CCCc1cc2c(=O)n(C)oc2c(CCC)c1OC(C)=O.CCOC(=O)N=NC(=O)OCC.COO. The van der Waals surface area contributed by atoms with Crippen molar-refractivity contribution in [2.45, 2.75) is 146 Å². The van der Waals surface area contributed by atoms with Crippen LogP contribution in [-0.2, 0) is 76.6 Å². The molecule has 0 unspecified atom stereocenters. The zero-order chi connectivity index (χ0) is 57.8. The molecule has 0 atom stereocenters. The van der Waals surface area contributed by atoms with Crippen LogP contribution in [0, 0.1) is 0 Å². The molecular formula is C53H77N5O18. The van der Waals surface area contributed by atoms with Crippen LogP contribution in [0.1, 0.15) is 152 Å². The number of carbonyl (C=O) groups excluding carboxylic acids is 5. The highest BCUT2D eigenvalue weighted by molar-refractivity contribution is 5.97. The second kappa shape index (κ2) is 34.2. The Balaban J connectivity index is 0.000000507. The van der Waals surface area contributed by atoms with Gasteiger partial charge in [-0.3, -0.25) is 34.4 Å². The summed E-state index contributed by atoms with van der Waals surface area (Å²) in [4.78, 5) is 83.0. The van der Waals surface area contributed by atoms with Crippen molar-refractivity contribution >= 4 is 52.0 Å². The second-order valence-electron chi connectivity index (χ2n) is 16.8. The lowest BCUT2D eigenvalue weighted by Crippen LogP contribution is -2.23. The molecule has 76 heavy (non-hydrogen) atoms. The summed E-state index contributed by atoms with van der Waals surface area (Å²) in [6.07, 6.45) is 7.30. The van der Waals surface area contributed by atoms with E-state index in [9.17, 15) is 49.0 Å². The average molecular weight is 1070 g/mol. The number of rotatable bonds is 17. The van der Waals surface area contributed by atoms with Crippen LogP contribution in [0.3, 0.4) is 0 Å². The van der Waals surface area contributed by atoms with Crippen molar-refractivity contribution in [3.63, 3.8) is 0 Å². The van der Waals surface area contributed by atoms with Gasteiger partial charge in [-0.1, -0.05) is 90.3 Å². The van der Waals surface area contributed by atoms with E-state index >= 15 is 0 Å². The number of hydrogen-bond donors (Lipinski definition) is 4. The van der Waals surface area contributed by atoms with Crippen LogP contribution in [0.2, 0.25) is 0 Å². The highest BCUT2D eigenvalue weighted by Gasteiger charge is 2.25. The van der Waals surface area contributed by atoms with E-state index in [1.807, 2.05) is 27.7 Å². The maximum absolute atomic E-state index is 12.1. The quantitative estimate of drug-likeness (QED) is 0.0168. The number of fused-ring (bicyclic) bond motifs is 2. The number of nitrogens with zero attached hydrogens (tertiary/aromatic N) is 5. The molecule has 0 saturated carbocycles. The molecule has 23 nitrogen and oxygen atoms in total. The van der Waals surface area contributed by atoms with E-state index in [1.165, 1.54) is 43.6 Å². The van der Waals surface area contributed by atoms with Crippen molar-refractivity contribution in [2.24, 2.45) is 24.3 Å². The molecule has 3 aromatic carbocycles. The molecule has 0 aliphatic rings. The summed E-state index contributed by atoms with van der Waals surface area (Å²) in [6, 6.07) is 5.03. The van der Waals surface area contributed by atoms with Crippen molar-refractivity contribution in [3.8, 4) is 23.0 Å². The molecule has 0 saturated heterocycles. The van der Waals surface area contributed by atoms with Crippen LogP contribution in [0.15, 0.2) is 47.1 Å². The van der Waals surface area contributed by atoms with E-state index < -0.39 is 24.1 Å². The minimum absolute atomic E-state index is 0.00722. The third kappa shape index (κ3) is 19.4. The van der Waals surface area contributed by atoms with Gasteiger partial charge in [0.15, 0.2) is 11.2 Å². The first-order valence-electron chi connectivity index (χ1n) is 25.2. The topological polar surface area (TPSA) is 311 Å². The fourth-order valence-electron chi connectivity index (χ4n) is 7.61. The third-order valence-corrected chi connectivity index (χ3v) is 10.6. The van der Waals surface area contributed by atoms with Gasteiger partial charge in [0.2, 0.25) is 0 Å². The Bertz CT molecular complexity index is 2830. The predicted octanol–water partition coefficient (Wildman–Crippen LogP) is 10.2. The number of hydrogen-bond acceptors (Lipinski definition) is 18. The Labute approximate surface area is 441 Å². The summed E-state index contributed by atoms with van der Waals surface area (Å²) in [5.74, 6) is -0.611. The lowest BCUT2D eigenvalue weighted by molar-refractivity contribution is -0.214. The number of esters is 2. The van der Waals surface area contributed by atoms with Gasteiger partial charge in [-0.2, -0.15) is 9.48 Å². The summed E-state index contributed by atoms with van der Waals surface area (Å²) < 4.78 is 32.9. The van der Waals surface area contributed by atoms with Crippen molar-refractivity contribution in [1.29, 1.82) is 0 Å². The molecule has 0 spiro atoms. The molecule has 0 aliphatic carbocycles. The molecule has 2 aromatic heterocycles. The van der Waals surface area contributed by atoms with Crippen LogP contribution in [-0.4, -0.2) is 92.6 Å². The van der Waals surface area contributed by atoms with Gasteiger partial charge in [0, 0.05) is 51.7 Å². The maximum atomic E-state index is 12.1. The average Bonchev–Trinajstić information content (AvgIpc) is 3.81. The number of aryl methyl sites for hydroxylation is 7. The Morgan fingerprint density at radius 2 is 0.934 bits per heavy atom. The number of carbonyl (C=O) groups is 5. The Morgan fingerprint density at radius 1 is 0.579 bits per heavy atom. The first-order valence-corrected chi connectivity index (χ1v) is 25.2. The lowest BCUT2D eigenvalue weighted by Gasteiger charge is -2.19. The summed E-state index contributed by atoms with van der Waals surface area (Å²) in [7, 11) is 5.55. The van der Waals surface area contributed by atoms with E-state index in [-0.39, 0.29) is 41.6 Å². The number of phenolic OH excluding ortho intramolecular Hbond substituents is 2. The zero-order valence-electron chi connectivity index (χ0n) is 46.4. The molecule has 23 heteroatoms. The van der Waals surface area contributed by atoms with Crippen LogP contribution >= 0.6 is 0 Å². The molecule has 4 N–H and O–H groups in total. The summed E-state index contributed by atoms with van der Waals surface area (Å²) in [6.45, 7) is 18.4. The maximum Gasteiger partial charge on any atom is 0.452 e. The molecule has 0 radical (unpaired) electrons. The molecule has 0 fully saturated rings. The third-order valence-electron chi connectivity index (χ3n) is 10.6. The molecule has 5 aromatic rings. The van der Waals surface area contributed by atoms with E-state index in [0.717, 1.165) is 67.2 Å². The van der Waals surface area contributed by atoms with Crippen molar-refractivity contribution in [3.05, 3.63) is 77.9 Å². The highest BCUT2D eigenvalue weighted by atomic mass is 17.1. The number of benzene rings is 3. The van der Waals surface area contributed by atoms with Gasteiger partial charge in [0.1, 0.15) is 23.0 Å². The predicted molar refractivity (Wildman–Crippen MR) is 282 cm³/mol. The van der Waals surface area contributed by atoms with Gasteiger partial charge in [0.05, 0.1) is 36.7 Å². The zero-order valence-corrected chi connectivity index (χ0v) is 46.4. The van der Waals surface area contributed by atoms with E-state index in [2.05, 4.69) is 38.4 Å². The Hall–Kier alpha value is -7.37. The first-order chi connectivity index (χ1) is 36.0. The van der Waals surface area contributed by atoms with E-state index in [1.54, 1.807) is 40.1 Å². The van der Waals surface area contributed by atoms with Crippen LogP contribution in [0.4, 0.5) is 9.59 Å². The number of ether oxygens (including phenoxy) is 4. The smallest absolute Gasteiger partial charge is 0.452 e. The minimum Gasteiger partial charge on any atom is -0.507 e. The number of hydroxylamine groups is 2. The summed E-state index contributed by atoms with van der Waals surface area (Å²) in [5, 5.41) is 44.5. The van der Waals surface area contributed by atoms with E-state index in [0.29, 0.717) is 87.5 Å². The van der Waals surface area contributed by atoms with Gasteiger partial charge < -0.3 is 38.2 Å². The largest absolute Gasteiger partial charge is 0.507 e. The van der Waals surface area contributed by atoms with Gasteiger partial charge in [-0.05, 0) is 87.3 Å². The van der Waals surface area contributed by atoms with Crippen molar-refractivity contribution in [2.75, 3.05) is 27.4 Å². The van der Waals surface area contributed by atoms with Crippen LogP contribution in [0.5, 0.6) is 23.0 Å².